The van der Waals surface area contributed by atoms with Crippen LogP contribution in [0.5, 0.6) is 0 Å². The number of halogens is 1. The van der Waals surface area contributed by atoms with Gasteiger partial charge >= 0.3 is 0 Å². The SMILES string of the molecule is Cc1cc(N2CCCCC2)ccc1/C=N\NC(=O)c1ccc(Cl)cc1. The second-order valence-electron chi connectivity index (χ2n) is 6.29. The number of rotatable bonds is 4. The smallest absolute Gasteiger partial charge is 0.271 e. The molecule has 1 N–H and O–H groups in total. The highest BCUT2D eigenvalue weighted by atomic mass is 35.5. The average Bonchev–Trinajstić information content (AvgIpc) is 2.64. The van der Waals surface area contributed by atoms with Crippen molar-refractivity contribution in [3.05, 3.63) is 64.2 Å². The Kier molecular flexibility index (Phi) is 5.71. The van der Waals surface area contributed by atoms with Gasteiger partial charge in [-0.15, -0.1) is 0 Å². The first kappa shape index (κ1) is 17.5. The molecule has 1 aliphatic rings. The summed E-state index contributed by atoms with van der Waals surface area (Å²) in [6.45, 7) is 4.32. The van der Waals surface area contributed by atoms with Gasteiger partial charge in [-0.05, 0) is 73.7 Å². The molecular weight excluding hydrogens is 334 g/mol. The fourth-order valence-electron chi connectivity index (χ4n) is 2.98. The van der Waals surface area contributed by atoms with Gasteiger partial charge in [0.2, 0.25) is 0 Å². The Bertz CT molecular complexity index is 765. The molecule has 0 spiro atoms. The number of hydrogen-bond donors (Lipinski definition) is 1. The Balaban J connectivity index is 1.63. The van der Waals surface area contributed by atoms with Crippen molar-refractivity contribution in [3.8, 4) is 0 Å². The van der Waals surface area contributed by atoms with Crippen molar-refractivity contribution in [2.75, 3.05) is 18.0 Å². The summed E-state index contributed by atoms with van der Waals surface area (Å²) in [5.74, 6) is -0.254. The zero-order chi connectivity index (χ0) is 17.6. The predicted molar refractivity (Wildman–Crippen MR) is 104 cm³/mol. The number of carbonyl (C=O) groups is 1. The van der Waals surface area contributed by atoms with Crippen LogP contribution < -0.4 is 10.3 Å². The van der Waals surface area contributed by atoms with Gasteiger partial charge in [0.25, 0.3) is 5.91 Å². The van der Waals surface area contributed by atoms with Gasteiger partial charge in [0, 0.05) is 29.4 Å². The van der Waals surface area contributed by atoms with E-state index >= 15 is 0 Å². The Labute approximate surface area is 153 Å². The molecule has 0 saturated carbocycles. The van der Waals surface area contributed by atoms with E-state index in [1.54, 1.807) is 30.5 Å². The second kappa shape index (κ2) is 8.17. The first-order chi connectivity index (χ1) is 12.1. The predicted octanol–water partition coefficient (Wildman–Crippen LogP) is 4.40. The molecule has 0 aromatic heterocycles. The average molecular weight is 356 g/mol. The van der Waals surface area contributed by atoms with Crippen molar-refractivity contribution in [2.45, 2.75) is 26.2 Å². The van der Waals surface area contributed by atoms with E-state index in [-0.39, 0.29) is 5.91 Å². The minimum Gasteiger partial charge on any atom is -0.372 e. The van der Waals surface area contributed by atoms with E-state index in [0.29, 0.717) is 10.6 Å². The van der Waals surface area contributed by atoms with Gasteiger partial charge in [-0.25, -0.2) is 5.43 Å². The third-order valence-electron chi connectivity index (χ3n) is 4.45. The van der Waals surface area contributed by atoms with Gasteiger partial charge in [0.1, 0.15) is 0 Å². The van der Waals surface area contributed by atoms with Crippen molar-refractivity contribution in [2.24, 2.45) is 5.10 Å². The Morgan fingerprint density at radius 2 is 1.84 bits per heavy atom. The summed E-state index contributed by atoms with van der Waals surface area (Å²) >= 11 is 5.82. The molecule has 4 nitrogen and oxygen atoms in total. The number of piperidine rings is 1. The lowest BCUT2D eigenvalue weighted by Crippen LogP contribution is -2.29. The lowest BCUT2D eigenvalue weighted by Gasteiger charge is -2.29. The molecule has 25 heavy (non-hydrogen) atoms. The molecule has 2 aromatic rings. The number of carbonyl (C=O) groups excluding carboxylic acids is 1. The number of aryl methyl sites for hydroxylation is 1. The van der Waals surface area contributed by atoms with Gasteiger partial charge < -0.3 is 4.90 Å². The zero-order valence-corrected chi connectivity index (χ0v) is 15.1. The van der Waals surface area contributed by atoms with Crippen molar-refractivity contribution in [1.82, 2.24) is 5.43 Å². The Hall–Kier alpha value is -2.33. The topological polar surface area (TPSA) is 44.7 Å². The molecule has 0 atom stereocenters. The maximum absolute atomic E-state index is 12.0. The van der Waals surface area contributed by atoms with Gasteiger partial charge in [0.15, 0.2) is 0 Å². The molecular formula is C20H22ClN3O. The van der Waals surface area contributed by atoms with Gasteiger partial charge in [-0.3, -0.25) is 4.79 Å². The first-order valence-corrected chi connectivity index (χ1v) is 8.96. The Morgan fingerprint density at radius 3 is 2.52 bits per heavy atom. The van der Waals surface area contributed by atoms with Gasteiger partial charge in [0.05, 0.1) is 6.21 Å². The van der Waals surface area contributed by atoms with Crippen LogP contribution in [0.15, 0.2) is 47.6 Å². The minimum atomic E-state index is -0.254. The molecule has 1 fully saturated rings. The highest BCUT2D eigenvalue weighted by molar-refractivity contribution is 6.30. The maximum atomic E-state index is 12.0. The summed E-state index contributed by atoms with van der Waals surface area (Å²) in [6, 6.07) is 13.1. The van der Waals surface area contributed by atoms with Crippen LogP contribution in [0.3, 0.4) is 0 Å². The summed E-state index contributed by atoms with van der Waals surface area (Å²) in [4.78, 5) is 14.4. The molecule has 1 amide bonds. The van der Waals surface area contributed by atoms with Crippen molar-refractivity contribution >= 4 is 29.4 Å². The van der Waals surface area contributed by atoms with Crippen LogP contribution >= 0.6 is 11.6 Å². The molecule has 130 valence electrons. The van der Waals surface area contributed by atoms with Crippen LogP contribution in [0.1, 0.15) is 40.7 Å². The highest BCUT2D eigenvalue weighted by Crippen LogP contribution is 2.22. The molecule has 2 aromatic carbocycles. The van der Waals surface area contributed by atoms with E-state index in [2.05, 4.69) is 40.5 Å². The maximum Gasteiger partial charge on any atom is 0.271 e. The lowest BCUT2D eigenvalue weighted by molar-refractivity contribution is 0.0955. The second-order valence-corrected chi connectivity index (χ2v) is 6.73. The molecule has 3 rings (SSSR count). The largest absolute Gasteiger partial charge is 0.372 e. The number of benzene rings is 2. The van der Waals surface area contributed by atoms with E-state index in [9.17, 15) is 4.79 Å². The number of nitrogens with zero attached hydrogens (tertiary/aromatic N) is 2. The number of amides is 1. The van der Waals surface area contributed by atoms with Gasteiger partial charge in [-0.2, -0.15) is 5.10 Å². The number of nitrogens with one attached hydrogen (secondary N) is 1. The fraction of sp³-hybridized carbons (Fsp3) is 0.300. The molecule has 1 aliphatic heterocycles. The normalized spacial score (nSPS) is 14.7. The van der Waals surface area contributed by atoms with E-state index in [1.807, 2.05) is 0 Å². The first-order valence-electron chi connectivity index (χ1n) is 8.58. The number of hydrogen-bond acceptors (Lipinski definition) is 3. The Morgan fingerprint density at radius 1 is 1.12 bits per heavy atom. The standard InChI is InChI=1S/C20H22ClN3O/c1-15-13-19(24-11-3-2-4-12-24)10-7-17(15)14-22-23-20(25)16-5-8-18(21)9-6-16/h5-10,13-14H,2-4,11-12H2,1H3,(H,23,25)/b22-14-. The highest BCUT2D eigenvalue weighted by Gasteiger charge is 2.11. The molecule has 0 unspecified atom stereocenters. The van der Waals surface area contributed by atoms with Crippen LogP contribution in [0.25, 0.3) is 0 Å². The molecule has 1 saturated heterocycles. The van der Waals surface area contributed by atoms with Crippen LogP contribution in [0.4, 0.5) is 5.69 Å². The van der Waals surface area contributed by atoms with E-state index in [1.165, 1.54) is 24.9 Å². The molecule has 0 radical (unpaired) electrons. The summed E-state index contributed by atoms with van der Waals surface area (Å²) in [5.41, 5.74) is 6.48. The van der Waals surface area contributed by atoms with E-state index in [0.717, 1.165) is 24.2 Å². The van der Waals surface area contributed by atoms with E-state index in [4.69, 9.17) is 11.6 Å². The molecule has 5 heteroatoms. The molecule has 0 bridgehead atoms. The van der Waals surface area contributed by atoms with Crippen LogP contribution in [0.2, 0.25) is 5.02 Å². The zero-order valence-electron chi connectivity index (χ0n) is 14.3. The van der Waals surface area contributed by atoms with Crippen molar-refractivity contribution < 1.29 is 4.79 Å². The third-order valence-corrected chi connectivity index (χ3v) is 4.70. The van der Waals surface area contributed by atoms with Crippen molar-refractivity contribution in [3.63, 3.8) is 0 Å². The molecule has 1 heterocycles. The third kappa shape index (κ3) is 4.60. The number of anilines is 1. The van der Waals surface area contributed by atoms with Gasteiger partial charge in [-0.1, -0.05) is 17.7 Å². The van der Waals surface area contributed by atoms with Crippen LogP contribution in [-0.4, -0.2) is 25.2 Å². The van der Waals surface area contributed by atoms with Crippen LogP contribution in [0, 0.1) is 6.92 Å². The summed E-state index contributed by atoms with van der Waals surface area (Å²) < 4.78 is 0. The monoisotopic (exact) mass is 355 g/mol. The fourth-order valence-corrected chi connectivity index (χ4v) is 3.11. The summed E-state index contributed by atoms with van der Waals surface area (Å²) in [6.07, 6.45) is 5.54. The van der Waals surface area contributed by atoms with E-state index < -0.39 is 0 Å². The quantitative estimate of drug-likeness (QED) is 0.652. The summed E-state index contributed by atoms with van der Waals surface area (Å²) in [5, 5.41) is 4.67. The minimum absolute atomic E-state index is 0.254. The van der Waals surface area contributed by atoms with Crippen LogP contribution in [-0.2, 0) is 0 Å². The summed E-state index contributed by atoms with van der Waals surface area (Å²) in [7, 11) is 0. The van der Waals surface area contributed by atoms with Crippen molar-refractivity contribution in [1.29, 1.82) is 0 Å². The number of hydrazone groups is 1. The molecule has 0 aliphatic carbocycles. The lowest BCUT2D eigenvalue weighted by atomic mass is 10.1.